The zero-order valence-corrected chi connectivity index (χ0v) is 10.9. The monoisotopic (exact) mass is 252 g/mol. The lowest BCUT2D eigenvalue weighted by atomic mass is 10.5. The van der Waals surface area contributed by atoms with E-state index in [2.05, 4.69) is 26.6 Å². The van der Waals surface area contributed by atoms with Crippen molar-refractivity contribution in [2.45, 2.75) is 44.1 Å². The summed E-state index contributed by atoms with van der Waals surface area (Å²) in [4.78, 5) is 8.58. The van der Waals surface area contributed by atoms with Gasteiger partial charge in [0.05, 0.1) is 5.75 Å². The second-order valence-electron chi connectivity index (χ2n) is 3.65. The Morgan fingerprint density at radius 1 is 1.41 bits per heavy atom. The molecular formula is C11H16N4OS. The Morgan fingerprint density at radius 3 is 3.00 bits per heavy atom. The molecule has 2 aromatic rings. The van der Waals surface area contributed by atoms with Gasteiger partial charge in [0.25, 0.3) is 0 Å². The number of rotatable bonds is 6. The standard InChI is InChI=1S/C11H16N4OS/c1-3-6-15-7-5-12-11(15)17-8-10-13-9(4-2)14-16-10/h5,7H,3-4,6,8H2,1-2H3. The predicted molar refractivity (Wildman–Crippen MR) is 65.8 cm³/mol. The average molecular weight is 252 g/mol. The summed E-state index contributed by atoms with van der Waals surface area (Å²) in [6, 6.07) is 0. The largest absolute Gasteiger partial charge is 0.338 e. The molecule has 92 valence electrons. The van der Waals surface area contributed by atoms with E-state index in [9.17, 15) is 0 Å². The van der Waals surface area contributed by atoms with E-state index in [1.54, 1.807) is 11.8 Å². The summed E-state index contributed by atoms with van der Waals surface area (Å²) in [7, 11) is 0. The molecule has 2 rings (SSSR count). The summed E-state index contributed by atoms with van der Waals surface area (Å²) in [5.74, 6) is 2.10. The predicted octanol–water partition coefficient (Wildman–Crippen LogP) is 2.53. The summed E-state index contributed by atoms with van der Waals surface area (Å²) in [6.07, 6.45) is 5.73. The highest BCUT2D eigenvalue weighted by Gasteiger charge is 2.08. The first-order valence-corrected chi connectivity index (χ1v) is 6.77. The molecule has 6 heteroatoms. The maximum absolute atomic E-state index is 5.13. The van der Waals surface area contributed by atoms with Crippen LogP contribution in [-0.4, -0.2) is 19.7 Å². The smallest absolute Gasteiger partial charge is 0.237 e. The molecule has 0 unspecified atom stereocenters. The molecule has 0 aromatic carbocycles. The fraction of sp³-hybridized carbons (Fsp3) is 0.545. The highest BCUT2D eigenvalue weighted by Crippen LogP contribution is 2.20. The molecule has 0 radical (unpaired) electrons. The van der Waals surface area contributed by atoms with E-state index < -0.39 is 0 Å². The first kappa shape index (κ1) is 12.2. The molecule has 0 N–H and O–H groups in total. The molecule has 0 aliphatic heterocycles. The van der Waals surface area contributed by atoms with E-state index in [-0.39, 0.29) is 0 Å². The summed E-state index contributed by atoms with van der Waals surface area (Å²) < 4.78 is 7.28. The van der Waals surface area contributed by atoms with Crippen LogP contribution in [0.4, 0.5) is 0 Å². The topological polar surface area (TPSA) is 56.7 Å². The van der Waals surface area contributed by atoms with Gasteiger partial charge in [0.15, 0.2) is 11.0 Å². The molecule has 2 aromatic heterocycles. The Labute approximate surface area is 105 Å². The SMILES string of the molecule is CCCn1ccnc1SCc1nc(CC)no1. The number of aromatic nitrogens is 4. The van der Waals surface area contributed by atoms with Crippen molar-refractivity contribution < 1.29 is 4.52 Å². The zero-order chi connectivity index (χ0) is 12.1. The maximum atomic E-state index is 5.13. The van der Waals surface area contributed by atoms with Gasteiger partial charge in [-0.1, -0.05) is 30.8 Å². The Balaban J connectivity index is 1.94. The Kier molecular flexibility index (Phi) is 4.19. The van der Waals surface area contributed by atoms with Crippen molar-refractivity contribution in [1.82, 2.24) is 19.7 Å². The second kappa shape index (κ2) is 5.86. The van der Waals surface area contributed by atoms with Crippen LogP contribution < -0.4 is 0 Å². The maximum Gasteiger partial charge on any atom is 0.237 e. The van der Waals surface area contributed by atoms with Crippen molar-refractivity contribution in [3.8, 4) is 0 Å². The molecule has 0 atom stereocenters. The van der Waals surface area contributed by atoms with Crippen molar-refractivity contribution in [3.63, 3.8) is 0 Å². The lowest BCUT2D eigenvalue weighted by Crippen LogP contribution is -1.97. The van der Waals surface area contributed by atoms with Gasteiger partial charge < -0.3 is 9.09 Å². The molecule has 0 saturated carbocycles. The van der Waals surface area contributed by atoms with E-state index in [4.69, 9.17) is 4.52 Å². The van der Waals surface area contributed by atoms with Crippen LogP contribution >= 0.6 is 11.8 Å². The van der Waals surface area contributed by atoms with Gasteiger partial charge in [-0.3, -0.25) is 0 Å². The molecule has 0 aliphatic carbocycles. The summed E-state index contributed by atoms with van der Waals surface area (Å²) in [6.45, 7) is 5.15. The lowest BCUT2D eigenvalue weighted by molar-refractivity contribution is 0.385. The van der Waals surface area contributed by atoms with Gasteiger partial charge in [0, 0.05) is 25.4 Å². The van der Waals surface area contributed by atoms with Crippen LogP contribution in [0.3, 0.4) is 0 Å². The van der Waals surface area contributed by atoms with E-state index in [1.807, 2.05) is 19.3 Å². The lowest BCUT2D eigenvalue weighted by Gasteiger charge is -2.03. The van der Waals surface area contributed by atoms with Gasteiger partial charge in [-0.15, -0.1) is 0 Å². The van der Waals surface area contributed by atoms with Crippen LogP contribution in [0.15, 0.2) is 22.1 Å². The zero-order valence-electron chi connectivity index (χ0n) is 10.1. The van der Waals surface area contributed by atoms with Crippen LogP contribution in [0, 0.1) is 0 Å². The molecule has 0 fully saturated rings. The molecular weight excluding hydrogens is 236 g/mol. The highest BCUT2D eigenvalue weighted by molar-refractivity contribution is 7.98. The van der Waals surface area contributed by atoms with Crippen LogP contribution in [-0.2, 0) is 18.7 Å². The minimum Gasteiger partial charge on any atom is -0.338 e. The quantitative estimate of drug-likeness (QED) is 0.739. The van der Waals surface area contributed by atoms with E-state index >= 15 is 0 Å². The minimum atomic E-state index is 0.665. The van der Waals surface area contributed by atoms with Gasteiger partial charge in [-0.2, -0.15) is 4.98 Å². The number of imidazole rings is 1. The molecule has 0 aliphatic rings. The summed E-state index contributed by atoms with van der Waals surface area (Å²) in [5.41, 5.74) is 0. The van der Waals surface area contributed by atoms with Gasteiger partial charge >= 0.3 is 0 Å². The Bertz CT molecular complexity index is 465. The average Bonchev–Trinajstić information content (AvgIpc) is 2.95. The number of nitrogens with zero attached hydrogens (tertiary/aromatic N) is 4. The van der Waals surface area contributed by atoms with E-state index in [1.165, 1.54) is 0 Å². The van der Waals surface area contributed by atoms with Crippen LogP contribution in [0.25, 0.3) is 0 Å². The van der Waals surface area contributed by atoms with Crippen LogP contribution in [0.2, 0.25) is 0 Å². The van der Waals surface area contributed by atoms with Gasteiger partial charge in [-0.25, -0.2) is 4.98 Å². The normalized spacial score (nSPS) is 10.9. The van der Waals surface area contributed by atoms with Crippen molar-refractivity contribution in [2.24, 2.45) is 0 Å². The van der Waals surface area contributed by atoms with Gasteiger partial charge in [0.1, 0.15) is 0 Å². The van der Waals surface area contributed by atoms with E-state index in [0.717, 1.165) is 30.4 Å². The molecule has 17 heavy (non-hydrogen) atoms. The second-order valence-corrected chi connectivity index (χ2v) is 4.59. The fourth-order valence-corrected chi connectivity index (χ4v) is 2.29. The van der Waals surface area contributed by atoms with Gasteiger partial charge in [-0.05, 0) is 6.42 Å². The molecule has 0 spiro atoms. The minimum absolute atomic E-state index is 0.665. The molecule has 0 bridgehead atoms. The number of hydrogen-bond acceptors (Lipinski definition) is 5. The number of hydrogen-bond donors (Lipinski definition) is 0. The molecule has 5 nitrogen and oxygen atoms in total. The van der Waals surface area contributed by atoms with Crippen molar-refractivity contribution in [1.29, 1.82) is 0 Å². The van der Waals surface area contributed by atoms with Crippen molar-refractivity contribution in [2.75, 3.05) is 0 Å². The van der Waals surface area contributed by atoms with Crippen LogP contribution in [0.1, 0.15) is 32.0 Å². The van der Waals surface area contributed by atoms with Crippen LogP contribution in [0.5, 0.6) is 0 Å². The third kappa shape index (κ3) is 3.09. The third-order valence-electron chi connectivity index (χ3n) is 2.29. The Morgan fingerprint density at radius 2 is 2.29 bits per heavy atom. The third-order valence-corrected chi connectivity index (χ3v) is 3.28. The van der Waals surface area contributed by atoms with Crippen molar-refractivity contribution in [3.05, 3.63) is 24.1 Å². The first-order chi connectivity index (χ1) is 8.33. The number of thioether (sulfide) groups is 1. The molecule has 2 heterocycles. The van der Waals surface area contributed by atoms with E-state index in [0.29, 0.717) is 11.6 Å². The Hall–Kier alpha value is -1.30. The summed E-state index contributed by atoms with van der Waals surface area (Å²) >= 11 is 1.63. The van der Waals surface area contributed by atoms with Gasteiger partial charge in [0.2, 0.25) is 5.89 Å². The first-order valence-electron chi connectivity index (χ1n) is 5.78. The highest BCUT2D eigenvalue weighted by atomic mass is 32.2. The molecule has 0 saturated heterocycles. The number of aryl methyl sites for hydroxylation is 2. The fourth-order valence-electron chi connectivity index (χ4n) is 1.47. The van der Waals surface area contributed by atoms with Crippen molar-refractivity contribution >= 4 is 11.8 Å². The molecule has 0 amide bonds. The summed E-state index contributed by atoms with van der Waals surface area (Å²) in [5, 5.41) is 4.87.